The highest BCUT2D eigenvalue weighted by Crippen LogP contribution is 2.12. The lowest BCUT2D eigenvalue weighted by Gasteiger charge is -2.12. The Morgan fingerprint density at radius 1 is 1.47 bits per heavy atom. The summed E-state index contributed by atoms with van der Waals surface area (Å²) in [5, 5.41) is 5.64. The van der Waals surface area contributed by atoms with Gasteiger partial charge < -0.3 is 5.32 Å². The van der Waals surface area contributed by atoms with Gasteiger partial charge in [0.15, 0.2) is 0 Å². The van der Waals surface area contributed by atoms with Crippen LogP contribution >= 0.6 is 27.3 Å². The molecule has 2 rings (SSSR count). The van der Waals surface area contributed by atoms with Crippen molar-refractivity contribution < 1.29 is 0 Å². The topological polar surface area (TPSA) is 24.9 Å². The smallest absolute Gasteiger partial charge is 0.0410 e. The molecular weight excluding hydrogens is 296 g/mol. The molecule has 0 saturated carbocycles. The summed E-state index contributed by atoms with van der Waals surface area (Å²) in [5.74, 6) is 0. The zero-order chi connectivity index (χ0) is 12.1. The SMILES string of the molecule is CC(Cc1cccs1)NCc1cncc(Br)c1. The summed E-state index contributed by atoms with van der Waals surface area (Å²) >= 11 is 5.24. The van der Waals surface area contributed by atoms with E-state index in [4.69, 9.17) is 0 Å². The number of rotatable bonds is 5. The molecule has 0 bridgehead atoms. The molecule has 1 N–H and O–H groups in total. The van der Waals surface area contributed by atoms with E-state index < -0.39 is 0 Å². The molecule has 0 amide bonds. The van der Waals surface area contributed by atoms with Gasteiger partial charge >= 0.3 is 0 Å². The van der Waals surface area contributed by atoms with Crippen molar-refractivity contribution in [3.63, 3.8) is 0 Å². The van der Waals surface area contributed by atoms with Crippen molar-refractivity contribution in [2.24, 2.45) is 0 Å². The summed E-state index contributed by atoms with van der Waals surface area (Å²) in [6.45, 7) is 3.07. The van der Waals surface area contributed by atoms with Crippen LogP contribution < -0.4 is 5.32 Å². The van der Waals surface area contributed by atoms with Crippen molar-refractivity contribution >= 4 is 27.3 Å². The zero-order valence-corrected chi connectivity index (χ0v) is 12.1. The molecule has 2 aromatic heterocycles. The Hall–Kier alpha value is -0.710. The number of nitrogens with one attached hydrogen (secondary N) is 1. The normalized spacial score (nSPS) is 12.6. The number of halogens is 1. The molecule has 0 spiro atoms. The molecule has 2 aromatic rings. The second-order valence-corrected chi connectivity index (χ2v) is 6.02. The monoisotopic (exact) mass is 310 g/mol. The highest BCUT2D eigenvalue weighted by Gasteiger charge is 2.04. The van der Waals surface area contributed by atoms with Crippen LogP contribution in [0.15, 0.2) is 40.4 Å². The van der Waals surface area contributed by atoms with E-state index in [9.17, 15) is 0 Å². The van der Waals surface area contributed by atoms with E-state index in [1.54, 1.807) is 6.20 Å². The van der Waals surface area contributed by atoms with E-state index in [0.717, 1.165) is 17.4 Å². The van der Waals surface area contributed by atoms with E-state index in [0.29, 0.717) is 6.04 Å². The van der Waals surface area contributed by atoms with Crippen LogP contribution in [0.2, 0.25) is 0 Å². The van der Waals surface area contributed by atoms with Gasteiger partial charge in [0.25, 0.3) is 0 Å². The van der Waals surface area contributed by atoms with Crippen LogP contribution in [0.3, 0.4) is 0 Å². The van der Waals surface area contributed by atoms with Crippen LogP contribution in [0.4, 0.5) is 0 Å². The molecule has 2 nitrogen and oxygen atoms in total. The fourth-order valence-corrected chi connectivity index (χ4v) is 2.89. The number of hydrogen-bond donors (Lipinski definition) is 1. The third-order valence-electron chi connectivity index (χ3n) is 2.50. The van der Waals surface area contributed by atoms with E-state index in [1.807, 2.05) is 17.5 Å². The third-order valence-corrected chi connectivity index (χ3v) is 3.84. The summed E-state index contributed by atoms with van der Waals surface area (Å²) < 4.78 is 1.03. The van der Waals surface area contributed by atoms with Gasteiger partial charge in [0.2, 0.25) is 0 Å². The average Bonchev–Trinajstić information content (AvgIpc) is 2.79. The lowest BCUT2D eigenvalue weighted by atomic mass is 10.2. The first-order valence-corrected chi connectivity index (χ1v) is 7.26. The standard InChI is InChI=1S/C13H15BrN2S/c1-10(5-13-3-2-4-17-13)16-8-11-6-12(14)9-15-7-11/h2-4,6-7,9-10,16H,5,8H2,1H3. The molecule has 0 aliphatic carbocycles. The van der Waals surface area contributed by atoms with Crippen LogP contribution in [0.25, 0.3) is 0 Å². The first-order valence-electron chi connectivity index (χ1n) is 5.59. The minimum atomic E-state index is 0.479. The second kappa shape index (κ2) is 6.28. The molecule has 0 fully saturated rings. The van der Waals surface area contributed by atoms with Crippen LogP contribution in [0, 0.1) is 0 Å². The average molecular weight is 311 g/mol. The zero-order valence-electron chi connectivity index (χ0n) is 9.69. The first kappa shape index (κ1) is 12.7. The molecule has 1 atom stereocenters. The summed E-state index contributed by atoms with van der Waals surface area (Å²) in [6.07, 6.45) is 4.79. The lowest BCUT2D eigenvalue weighted by Crippen LogP contribution is -2.27. The maximum absolute atomic E-state index is 4.15. The number of pyridine rings is 1. The second-order valence-electron chi connectivity index (χ2n) is 4.08. The number of hydrogen-bond acceptors (Lipinski definition) is 3. The molecule has 0 aliphatic heterocycles. The number of thiophene rings is 1. The molecule has 2 heterocycles. The summed E-state index contributed by atoms with van der Waals surface area (Å²) in [5.41, 5.74) is 1.21. The first-order chi connectivity index (χ1) is 8.24. The fraction of sp³-hybridized carbons (Fsp3) is 0.308. The molecule has 0 saturated heterocycles. The number of aromatic nitrogens is 1. The highest BCUT2D eigenvalue weighted by atomic mass is 79.9. The van der Waals surface area contributed by atoms with Gasteiger partial charge in [-0.15, -0.1) is 11.3 Å². The van der Waals surface area contributed by atoms with Crippen molar-refractivity contribution in [1.82, 2.24) is 10.3 Å². The minimum Gasteiger partial charge on any atom is -0.310 e. The predicted octanol–water partition coefficient (Wildman–Crippen LogP) is 3.63. The minimum absolute atomic E-state index is 0.479. The van der Waals surface area contributed by atoms with Gasteiger partial charge in [-0.1, -0.05) is 6.07 Å². The Balaban J connectivity index is 1.82. The molecule has 1 unspecified atom stereocenters. The van der Waals surface area contributed by atoms with Gasteiger partial charge in [-0.2, -0.15) is 0 Å². The molecule has 0 radical (unpaired) electrons. The maximum atomic E-state index is 4.15. The highest BCUT2D eigenvalue weighted by molar-refractivity contribution is 9.10. The van der Waals surface area contributed by atoms with Crippen LogP contribution in [0.1, 0.15) is 17.4 Å². The van der Waals surface area contributed by atoms with E-state index in [2.05, 4.69) is 56.7 Å². The van der Waals surface area contributed by atoms with E-state index >= 15 is 0 Å². The Morgan fingerprint density at radius 2 is 2.35 bits per heavy atom. The van der Waals surface area contributed by atoms with Crippen LogP contribution in [0.5, 0.6) is 0 Å². The van der Waals surface area contributed by atoms with Crippen LogP contribution in [-0.4, -0.2) is 11.0 Å². The van der Waals surface area contributed by atoms with Crippen molar-refractivity contribution in [3.8, 4) is 0 Å². The van der Waals surface area contributed by atoms with Crippen molar-refractivity contribution in [2.75, 3.05) is 0 Å². The van der Waals surface area contributed by atoms with Crippen molar-refractivity contribution in [2.45, 2.75) is 25.9 Å². The largest absolute Gasteiger partial charge is 0.310 e. The number of nitrogens with zero attached hydrogens (tertiary/aromatic N) is 1. The molecule has 17 heavy (non-hydrogen) atoms. The van der Waals surface area contributed by atoms with Gasteiger partial charge in [-0.05, 0) is 52.4 Å². The van der Waals surface area contributed by atoms with Crippen molar-refractivity contribution in [1.29, 1.82) is 0 Å². The van der Waals surface area contributed by atoms with Gasteiger partial charge in [-0.3, -0.25) is 4.98 Å². The summed E-state index contributed by atoms with van der Waals surface area (Å²) in [4.78, 5) is 5.58. The summed E-state index contributed by atoms with van der Waals surface area (Å²) in [6, 6.07) is 6.86. The Kier molecular flexibility index (Phi) is 4.71. The Bertz CT molecular complexity index is 456. The summed E-state index contributed by atoms with van der Waals surface area (Å²) in [7, 11) is 0. The van der Waals surface area contributed by atoms with E-state index in [1.165, 1.54) is 10.4 Å². The van der Waals surface area contributed by atoms with Crippen molar-refractivity contribution in [3.05, 3.63) is 50.9 Å². The quantitative estimate of drug-likeness (QED) is 0.912. The van der Waals surface area contributed by atoms with E-state index in [-0.39, 0.29) is 0 Å². The Labute approximate surface area is 114 Å². The molecule has 4 heteroatoms. The maximum Gasteiger partial charge on any atom is 0.0410 e. The molecule has 90 valence electrons. The van der Waals surface area contributed by atoms with Gasteiger partial charge in [-0.25, -0.2) is 0 Å². The molecule has 0 aromatic carbocycles. The third kappa shape index (κ3) is 4.22. The Morgan fingerprint density at radius 3 is 3.06 bits per heavy atom. The van der Waals surface area contributed by atoms with Crippen LogP contribution in [-0.2, 0) is 13.0 Å². The lowest BCUT2D eigenvalue weighted by molar-refractivity contribution is 0.548. The van der Waals surface area contributed by atoms with Gasteiger partial charge in [0.1, 0.15) is 0 Å². The molecular formula is C13H15BrN2S. The fourth-order valence-electron chi connectivity index (χ4n) is 1.65. The predicted molar refractivity (Wildman–Crippen MR) is 76.3 cm³/mol. The van der Waals surface area contributed by atoms with Gasteiger partial charge in [0.05, 0.1) is 0 Å². The van der Waals surface area contributed by atoms with Gasteiger partial charge in [0, 0.05) is 34.3 Å². The molecule has 0 aliphatic rings.